The molecule has 0 N–H and O–H groups in total. The van der Waals surface area contributed by atoms with Gasteiger partial charge in [-0.15, -0.1) is 0 Å². The van der Waals surface area contributed by atoms with Gasteiger partial charge in [-0.3, -0.25) is 4.79 Å². The Morgan fingerprint density at radius 2 is 1.72 bits per heavy atom. The SMILES string of the molecule is Cn1c(CO[Si](C)(C)C(C)(C)C)cc2cc(C(=O)Cc3ccc(F)cc3)ccc21. The summed E-state index contributed by atoms with van der Waals surface area (Å²) in [7, 11) is 0.205. The second-order valence-corrected chi connectivity index (χ2v) is 14.1. The molecule has 0 aliphatic rings. The molecular weight excluding hydrogens is 381 g/mol. The van der Waals surface area contributed by atoms with Crippen LogP contribution in [0.25, 0.3) is 10.9 Å². The van der Waals surface area contributed by atoms with Crippen molar-refractivity contribution in [2.75, 3.05) is 0 Å². The molecule has 0 bridgehead atoms. The smallest absolute Gasteiger partial charge is 0.192 e. The Morgan fingerprint density at radius 1 is 1.07 bits per heavy atom. The molecule has 5 heteroatoms. The van der Waals surface area contributed by atoms with Crippen LogP contribution < -0.4 is 0 Å². The van der Waals surface area contributed by atoms with E-state index in [1.54, 1.807) is 12.1 Å². The average Bonchev–Trinajstić information content (AvgIpc) is 2.96. The summed E-state index contributed by atoms with van der Waals surface area (Å²) in [6.45, 7) is 11.8. The summed E-state index contributed by atoms with van der Waals surface area (Å²) in [6, 6.07) is 14.0. The highest BCUT2D eigenvalue weighted by molar-refractivity contribution is 6.74. The predicted molar refractivity (Wildman–Crippen MR) is 119 cm³/mol. The van der Waals surface area contributed by atoms with Gasteiger partial charge in [0.2, 0.25) is 0 Å². The first-order chi connectivity index (χ1) is 13.5. The number of ketones is 1. The number of benzene rings is 2. The lowest BCUT2D eigenvalue weighted by atomic mass is 10.0. The van der Waals surface area contributed by atoms with Gasteiger partial charge in [-0.2, -0.15) is 0 Å². The van der Waals surface area contributed by atoms with E-state index < -0.39 is 8.32 Å². The van der Waals surface area contributed by atoms with Gasteiger partial charge in [0.1, 0.15) is 5.82 Å². The first-order valence-electron chi connectivity index (χ1n) is 9.98. The quantitative estimate of drug-likeness (QED) is 0.354. The normalized spacial score (nSPS) is 12.5. The highest BCUT2D eigenvalue weighted by Gasteiger charge is 2.37. The van der Waals surface area contributed by atoms with E-state index in [1.807, 2.05) is 25.2 Å². The zero-order valence-electron chi connectivity index (χ0n) is 18.2. The van der Waals surface area contributed by atoms with Gasteiger partial charge < -0.3 is 8.99 Å². The van der Waals surface area contributed by atoms with Crippen LogP contribution in [0.3, 0.4) is 0 Å². The number of hydrogen-bond donors (Lipinski definition) is 0. The molecule has 3 nitrogen and oxygen atoms in total. The van der Waals surface area contributed by atoms with E-state index in [0.29, 0.717) is 12.2 Å². The molecule has 2 aromatic carbocycles. The topological polar surface area (TPSA) is 31.2 Å². The van der Waals surface area contributed by atoms with Gasteiger partial charge in [0.05, 0.1) is 6.61 Å². The minimum atomic E-state index is -1.83. The fourth-order valence-corrected chi connectivity index (χ4v) is 4.02. The lowest BCUT2D eigenvalue weighted by Gasteiger charge is -2.36. The summed E-state index contributed by atoms with van der Waals surface area (Å²) < 4.78 is 21.6. The maximum Gasteiger partial charge on any atom is 0.192 e. The fourth-order valence-electron chi connectivity index (χ4n) is 3.08. The molecule has 0 aliphatic carbocycles. The third-order valence-electron chi connectivity index (χ3n) is 6.13. The number of aromatic nitrogens is 1. The lowest BCUT2D eigenvalue weighted by molar-refractivity contribution is 0.0993. The van der Waals surface area contributed by atoms with Gasteiger partial charge in [-0.25, -0.2) is 4.39 Å². The van der Waals surface area contributed by atoms with Gasteiger partial charge in [-0.1, -0.05) is 32.9 Å². The maximum atomic E-state index is 13.1. The highest BCUT2D eigenvalue weighted by Crippen LogP contribution is 2.37. The third-order valence-corrected chi connectivity index (χ3v) is 10.6. The molecule has 3 aromatic rings. The summed E-state index contributed by atoms with van der Waals surface area (Å²) in [5.74, 6) is -0.263. The van der Waals surface area contributed by atoms with E-state index in [9.17, 15) is 9.18 Å². The summed E-state index contributed by atoms with van der Waals surface area (Å²) in [5.41, 5.74) is 3.67. The molecule has 0 spiro atoms. The van der Waals surface area contributed by atoms with Gasteiger partial charge in [0.15, 0.2) is 14.1 Å². The molecule has 3 rings (SSSR count). The van der Waals surface area contributed by atoms with E-state index in [0.717, 1.165) is 22.2 Å². The Labute approximate surface area is 173 Å². The Morgan fingerprint density at radius 3 is 2.34 bits per heavy atom. The van der Waals surface area contributed by atoms with Crippen LogP contribution in [-0.2, 0) is 24.5 Å². The Bertz CT molecular complexity index is 1030. The van der Waals surface area contributed by atoms with E-state index in [-0.39, 0.29) is 23.1 Å². The molecule has 0 radical (unpaired) electrons. The van der Waals surface area contributed by atoms with E-state index in [4.69, 9.17) is 4.43 Å². The molecular formula is C24H30FNO2Si. The van der Waals surface area contributed by atoms with Crippen molar-refractivity contribution in [2.24, 2.45) is 7.05 Å². The predicted octanol–water partition coefficient (Wildman–Crippen LogP) is 6.26. The van der Waals surface area contributed by atoms with Crippen LogP contribution in [-0.4, -0.2) is 18.7 Å². The van der Waals surface area contributed by atoms with Crippen molar-refractivity contribution in [3.63, 3.8) is 0 Å². The maximum absolute atomic E-state index is 13.1. The Balaban J connectivity index is 1.80. The zero-order valence-corrected chi connectivity index (χ0v) is 19.2. The number of Topliss-reactive ketones (excluding diaryl/α,β-unsaturated/α-hetero) is 1. The molecule has 0 aliphatic heterocycles. The minimum absolute atomic E-state index is 0.0291. The number of aryl methyl sites for hydroxylation is 1. The number of nitrogens with zero attached hydrogens (tertiary/aromatic N) is 1. The second kappa shape index (κ2) is 7.88. The van der Waals surface area contributed by atoms with Crippen molar-refractivity contribution >= 4 is 25.0 Å². The van der Waals surface area contributed by atoms with Crippen LogP contribution in [0, 0.1) is 5.82 Å². The Hall–Kier alpha value is -2.24. The van der Waals surface area contributed by atoms with Crippen molar-refractivity contribution in [1.29, 1.82) is 0 Å². The average molecular weight is 412 g/mol. The second-order valence-electron chi connectivity index (χ2n) is 9.24. The molecule has 154 valence electrons. The molecule has 1 aromatic heterocycles. The van der Waals surface area contributed by atoms with E-state index >= 15 is 0 Å². The van der Waals surface area contributed by atoms with Gasteiger partial charge in [0, 0.05) is 35.6 Å². The molecule has 0 atom stereocenters. The largest absolute Gasteiger partial charge is 0.411 e. The number of halogens is 1. The number of hydrogen-bond acceptors (Lipinski definition) is 2. The van der Waals surface area contributed by atoms with Crippen molar-refractivity contribution < 1.29 is 13.6 Å². The van der Waals surface area contributed by atoms with Crippen LogP contribution in [0.4, 0.5) is 4.39 Å². The molecule has 29 heavy (non-hydrogen) atoms. The van der Waals surface area contributed by atoms with Crippen molar-refractivity contribution in [3.8, 4) is 0 Å². The molecule has 0 amide bonds. The number of fused-ring (bicyclic) bond motifs is 1. The van der Waals surface area contributed by atoms with Gasteiger partial charge in [0.25, 0.3) is 0 Å². The van der Waals surface area contributed by atoms with Crippen LogP contribution >= 0.6 is 0 Å². The molecule has 0 unspecified atom stereocenters. The Kier molecular flexibility index (Phi) is 5.83. The molecule has 0 fully saturated rings. The summed E-state index contributed by atoms with van der Waals surface area (Å²) >= 11 is 0. The fraction of sp³-hybridized carbons (Fsp3) is 0.375. The third kappa shape index (κ3) is 4.68. The zero-order chi connectivity index (χ0) is 21.4. The summed E-state index contributed by atoms with van der Waals surface area (Å²) in [5, 5.41) is 1.20. The molecule has 1 heterocycles. The number of carbonyl (C=O) groups excluding carboxylic acids is 1. The monoisotopic (exact) mass is 411 g/mol. The van der Waals surface area contributed by atoms with E-state index in [1.165, 1.54) is 12.1 Å². The highest BCUT2D eigenvalue weighted by atomic mass is 28.4. The lowest BCUT2D eigenvalue weighted by Crippen LogP contribution is -2.40. The van der Waals surface area contributed by atoms with Crippen LogP contribution in [0.15, 0.2) is 48.5 Å². The van der Waals surface area contributed by atoms with Crippen LogP contribution in [0.5, 0.6) is 0 Å². The van der Waals surface area contributed by atoms with Gasteiger partial charge >= 0.3 is 0 Å². The molecule has 0 saturated carbocycles. The van der Waals surface area contributed by atoms with Crippen molar-refractivity contribution in [2.45, 2.75) is 51.9 Å². The number of carbonyl (C=O) groups is 1. The van der Waals surface area contributed by atoms with Crippen molar-refractivity contribution in [1.82, 2.24) is 4.57 Å². The summed E-state index contributed by atoms with van der Waals surface area (Å²) in [4.78, 5) is 12.7. The van der Waals surface area contributed by atoms with Crippen molar-refractivity contribution in [3.05, 3.63) is 71.2 Å². The van der Waals surface area contributed by atoms with Crippen LogP contribution in [0.2, 0.25) is 18.1 Å². The standard InChI is InChI=1S/C24H30FNO2Si/c1-24(2,3)29(5,6)28-16-21-15-19-14-18(9-12-22(19)26(21)4)23(27)13-17-7-10-20(25)11-8-17/h7-12,14-15H,13,16H2,1-6H3. The van der Waals surface area contributed by atoms with E-state index in [2.05, 4.69) is 44.5 Å². The molecule has 0 saturated heterocycles. The minimum Gasteiger partial charge on any atom is -0.411 e. The number of rotatable bonds is 6. The van der Waals surface area contributed by atoms with Crippen LogP contribution in [0.1, 0.15) is 42.4 Å². The first kappa shape index (κ1) is 21.5. The van der Waals surface area contributed by atoms with Gasteiger partial charge in [-0.05, 0) is 60.1 Å². The summed E-state index contributed by atoms with van der Waals surface area (Å²) in [6.07, 6.45) is 0.264. The first-order valence-corrected chi connectivity index (χ1v) is 12.9.